The Hall–Kier alpha value is -2.19. The molecule has 2 aromatic heterocycles. The zero-order valence-corrected chi connectivity index (χ0v) is 11.7. The highest BCUT2D eigenvalue weighted by Crippen LogP contribution is 2.42. The van der Waals surface area contributed by atoms with Gasteiger partial charge in [0, 0.05) is 37.9 Å². The first kappa shape index (κ1) is 10.6. The van der Waals surface area contributed by atoms with Crippen LogP contribution in [0.15, 0.2) is 60.8 Å². The standard InChI is InChI=1S/C18H12NS/c1-2-7-16-13(5-1)14-9-8-12-11-19-10-4-3-6-15(19)17(12)18(14)20-16/h1-10H,11H2/q+1. The summed E-state index contributed by atoms with van der Waals surface area (Å²) in [5, 5.41) is 2.77. The Balaban J connectivity index is 1.99. The van der Waals surface area contributed by atoms with Crippen molar-refractivity contribution in [3.05, 3.63) is 66.4 Å². The second kappa shape index (κ2) is 3.68. The van der Waals surface area contributed by atoms with E-state index in [1.54, 1.807) is 0 Å². The van der Waals surface area contributed by atoms with Crippen molar-refractivity contribution in [1.29, 1.82) is 0 Å². The summed E-state index contributed by atoms with van der Waals surface area (Å²) in [7, 11) is 0. The summed E-state index contributed by atoms with van der Waals surface area (Å²) in [4.78, 5) is 0. The molecule has 3 heterocycles. The van der Waals surface area contributed by atoms with Crippen molar-refractivity contribution in [3.8, 4) is 11.3 Å². The van der Waals surface area contributed by atoms with Gasteiger partial charge in [-0.25, -0.2) is 0 Å². The minimum atomic E-state index is 0.996. The van der Waals surface area contributed by atoms with Crippen molar-refractivity contribution >= 4 is 31.5 Å². The Bertz CT molecular complexity index is 981. The monoisotopic (exact) mass is 274 g/mol. The highest BCUT2D eigenvalue weighted by Gasteiger charge is 2.28. The number of fused-ring (bicyclic) bond motifs is 7. The highest BCUT2D eigenvalue weighted by atomic mass is 32.1. The molecule has 0 unspecified atom stereocenters. The average molecular weight is 274 g/mol. The first-order chi connectivity index (χ1) is 9.92. The van der Waals surface area contributed by atoms with Crippen LogP contribution in [0.2, 0.25) is 0 Å². The lowest BCUT2D eigenvalue weighted by molar-refractivity contribution is -0.672. The number of nitrogens with zero attached hydrogens (tertiary/aromatic N) is 1. The van der Waals surface area contributed by atoms with Crippen molar-refractivity contribution in [3.63, 3.8) is 0 Å². The van der Waals surface area contributed by atoms with Crippen molar-refractivity contribution in [2.75, 3.05) is 0 Å². The van der Waals surface area contributed by atoms with Crippen LogP contribution in [0.4, 0.5) is 0 Å². The van der Waals surface area contributed by atoms with Gasteiger partial charge in [0.25, 0.3) is 0 Å². The van der Waals surface area contributed by atoms with E-state index >= 15 is 0 Å². The van der Waals surface area contributed by atoms with Gasteiger partial charge < -0.3 is 0 Å². The van der Waals surface area contributed by atoms with E-state index in [9.17, 15) is 0 Å². The Morgan fingerprint density at radius 3 is 2.75 bits per heavy atom. The van der Waals surface area contributed by atoms with Crippen molar-refractivity contribution in [2.45, 2.75) is 6.54 Å². The molecule has 0 atom stereocenters. The minimum absolute atomic E-state index is 0.996. The summed E-state index contributed by atoms with van der Waals surface area (Å²) in [6, 6.07) is 19.8. The minimum Gasteiger partial charge on any atom is -0.194 e. The summed E-state index contributed by atoms with van der Waals surface area (Å²) >= 11 is 1.92. The quantitative estimate of drug-likeness (QED) is 0.369. The molecule has 0 fully saturated rings. The number of aromatic nitrogens is 1. The normalized spacial score (nSPS) is 12.8. The lowest BCUT2D eigenvalue weighted by atomic mass is 10.0. The molecule has 1 nitrogen and oxygen atoms in total. The maximum absolute atomic E-state index is 2.34. The van der Waals surface area contributed by atoms with Gasteiger partial charge >= 0.3 is 0 Å². The van der Waals surface area contributed by atoms with Crippen LogP contribution in [0.1, 0.15) is 5.56 Å². The fourth-order valence-electron chi connectivity index (χ4n) is 3.27. The average Bonchev–Trinajstić information content (AvgIpc) is 3.04. The lowest BCUT2D eigenvalue weighted by Crippen LogP contribution is -2.31. The Labute approximate surface area is 120 Å². The third-order valence-corrected chi connectivity index (χ3v) is 5.37. The fraction of sp³-hybridized carbons (Fsp3) is 0.0556. The van der Waals surface area contributed by atoms with E-state index in [0.717, 1.165) is 6.54 Å². The van der Waals surface area contributed by atoms with Crippen molar-refractivity contribution in [1.82, 2.24) is 0 Å². The van der Waals surface area contributed by atoms with Crippen LogP contribution in [-0.2, 0) is 6.54 Å². The molecule has 20 heavy (non-hydrogen) atoms. The largest absolute Gasteiger partial charge is 0.214 e. The summed E-state index contributed by atoms with van der Waals surface area (Å²) in [5.41, 5.74) is 4.22. The molecule has 5 rings (SSSR count). The van der Waals surface area contributed by atoms with E-state index in [-0.39, 0.29) is 0 Å². The summed E-state index contributed by atoms with van der Waals surface area (Å²) in [5.74, 6) is 0. The molecule has 0 radical (unpaired) electrons. The summed E-state index contributed by atoms with van der Waals surface area (Å²) in [6.07, 6.45) is 2.18. The number of hydrogen-bond acceptors (Lipinski definition) is 1. The molecule has 2 heteroatoms. The molecule has 0 aliphatic carbocycles. The molecule has 0 N–H and O–H groups in total. The molecular weight excluding hydrogens is 262 g/mol. The van der Waals surface area contributed by atoms with Gasteiger partial charge in [-0.15, -0.1) is 11.3 Å². The van der Waals surface area contributed by atoms with Gasteiger partial charge in [0.05, 0.1) is 5.56 Å². The Morgan fingerprint density at radius 2 is 1.75 bits per heavy atom. The predicted octanol–water partition coefficient (Wildman–Crippen LogP) is 4.37. The van der Waals surface area contributed by atoms with E-state index in [2.05, 4.69) is 65.4 Å². The van der Waals surface area contributed by atoms with E-state index in [4.69, 9.17) is 0 Å². The van der Waals surface area contributed by atoms with Crippen LogP contribution in [0.3, 0.4) is 0 Å². The molecule has 0 spiro atoms. The van der Waals surface area contributed by atoms with Crippen LogP contribution < -0.4 is 4.57 Å². The predicted molar refractivity (Wildman–Crippen MR) is 84.1 cm³/mol. The van der Waals surface area contributed by atoms with E-state index < -0.39 is 0 Å². The highest BCUT2D eigenvalue weighted by molar-refractivity contribution is 7.26. The molecule has 0 saturated heterocycles. The van der Waals surface area contributed by atoms with Crippen molar-refractivity contribution < 1.29 is 4.57 Å². The number of thiophene rings is 1. The number of pyridine rings is 1. The number of rotatable bonds is 0. The van der Waals surface area contributed by atoms with Crippen LogP contribution in [0, 0.1) is 0 Å². The molecule has 1 aliphatic heterocycles. The fourth-order valence-corrected chi connectivity index (χ4v) is 4.55. The van der Waals surface area contributed by atoms with E-state index in [0.29, 0.717) is 0 Å². The zero-order valence-electron chi connectivity index (χ0n) is 10.8. The van der Waals surface area contributed by atoms with Crippen LogP contribution in [-0.4, -0.2) is 0 Å². The lowest BCUT2D eigenvalue weighted by Gasteiger charge is -1.97. The Morgan fingerprint density at radius 1 is 0.850 bits per heavy atom. The molecular formula is C18H12NS+. The topological polar surface area (TPSA) is 3.88 Å². The molecule has 2 aromatic carbocycles. The molecule has 1 aliphatic rings. The van der Waals surface area contributed by atoms with Gasteiger partial charge in [0.2, 0.25) is 5.69 Å². The molecule has 94 valence electrons. The Kier molecular flexibility index (Phi) is 1.94. The van der Waals surface area contributed by atoms with Gasteiger partial charge in [0.1, 0.15) is 0 Å². The first-order valence-corrected chi connectivity index (χ1v) is 7.65. The number of hydrogen-bond donors (Lipinski definition) is 0. The van der Waals surface area contributed by atoms with Crippen molar-refractivity contribution in [2.24, 2.45) is 0 Å². The molecule has 0 amide bonds. The SMILES string of the molecule is c1cc[n+]2c(c1)-c1c(ccc3c1sc1ccccc13)C2. The molecule has 4 aromatic rings. The van der Waals surface area contributed by atoms with Gasteiger partial charge in [0.15, 0.2) is 12.7 Å². The van der Waals surface area contributed by atoms with Gasteiger partial charge in [-0.2, -0.15) is 4.57 Å². The molecule has 0 bridgehead atoms. The van der Waals surface area contributed by atoms with E-state index in [1.165, 1.54) is 37.0 Å². The zero-order chi connectivity index (χ0) is 13.1. The second-order valence-electron chi connectivity index (χ2n) is 5.29. The van der Waals surface area contributed by atoms with Crippen LogP contribution in [0.5, 0.6) is 0 Å². The van der Waals surface area contributed by atoms with Crippen LogP contribution >= 0.6 is 11.3 Å². The summed E-state index contributed by atoms with van der Waals surface area (Å²) in [6.45, 7) is 0.996. The van der Waals surface area contributed by atoms with Crippen LogP contribution in [0.25, 0.3) is 31.4 Å². The first-order valence-electron chi connectivity index (χ1n) is 6.84. The van der Waals surface area contributed by atoms with Gasteiger partial charge in [-0.3, -0.25) is 0 Å². The summed E-state index contributed by atoms with van der Waals surface area (Å²) < 4.78 is 5.15. The van der Waals surface area contributed by atoms with Gasteiger partial charge in [-0.1, -0.05) is 30.3 Å². The third-order valence-electron chi connectivity index (χ3n) is 4.17. The second-order valence-corrected chi connectivity index (χ2v) is 6.34. The molecule has 0 saturated carbocycles. The number of benzene rings is 2. The van der Waals surface area contributed by atoms with E-state index in [1.807, 2.05) is 11.3 Å². The maximum Gasteiger partial charge on any atom is 0.214 e. The maximum atomic E-state index is 2.34. The third kappa shape index (κ3) is 1.24. The van der Waals surface area contributed by atoms with Gasteiger partial charge in [-0.05, 0) is 12.1 Å². The smallest absolute Gasteiger partial charge is 0.194 e.